The average Bonchev–Trinajstić information content (AvgIpc) is 3.07. The summed E-state index contributed by atoms with van der Waals surface area (Å²) in [6, 6.07) is 20.7. The molecule has 35 heavy (non-hydrogen) atoms. The molecule has 0 radical (unpaired) electrons. The number of benzene rings is 4. The molecule has 0 unspecified atom stereocenters. The van der Waals surface area contributed by atoms with Crippen molar-refractivity contribution in [1.82, 2.24) is 0 Å². The fourth-order valence-corrected chi connectivity index (χ4v) is 4.66. The second-order valence-electron chi connectivity index (χ2n) is 10.0. The Hall–Kier alpha value is -3.73. The molecule has 5 rings (SSSR count). The van der Waals surface area contributed by atoms with Gasteiger partial charge in [0.05, 0.1) is 11.3 Å². The number of halogens is 3. The first kappa shape index (κ1) is 23.0. The van der Waals surface area contributed by atoms with Crippen LogP contribution in [-0.4, -0.2) is 11.5 Å². The molecule has 0 aromatic heterocycles. The summed E-state index contributed by atoms with van der Waals surface area (Å²) in [5.41, 5.74) is 5.52. The minimum atomic E-state index is -4.42. The van der Waals surface area contributed by atoms with Crippen LogP contribution in [0.2, 0.25) is 0 Å². The maximum Gasteiger partial charge on any atom is 0.416 e. The van der Waals surface area contributed by atoms with Gasteiger partial charge in [-0.2, -0.15) is 13.2 Å². The minimum Gasteiger partial charge on any atom is -0.287 e. The van der Waals surface area contributed by atoms with E-state index in [1.165, 1.54) is 17.7 Å². The highest BCUT2D eigenvalue weighted by Crippen LogP contribution is 2.40. The SMILES string of the molecule is Cc1ccc2c3c(ccc(-c4ccc(C(C)(C)C)cc4)c13)C(=O)C2=Nc1ccc(C(F)(F)F)cc1. The molecular formula is C30H24F3NO. The quantitative estimate of drug-likeness (QED) is 0.288. The van der Waals surface area contributed by atoms with Crippen molar-refractivity contribution >= 4 is 28.0 Å². The van der Waals surface area contributed by atoms with Crippen LogP contribution in [0.1, 0.15) is 53.4 Å². The summed E-state index contributed by atoms with van der Waals surface area (Å²) in [6.07, 6.45) is -4.42. The molecule has 5 heteroatoms. The van der Waals surface area contributed by atoms with Crippen molar-refractivity contribution in [1.29, 1.82) is 0 Å². The zero-order chi connectivity index (χ0) is 25.1. The molecule has 1 aliphatic rings. The maximum atomic E-state index is 13.3. The number of Topliss-reactive ketones (excluding diaryl/α,β-unsaturated/α-hetero) is 1. The molecule has 0 amide bonds. The number of carbonyl (C=O) groups is 1. The third-order valence-corrected chi connectivity index (χ3v) is 6.58. The standard InChI is InChI=1S/C30H24F3NO/c1-17-5-14-23-26-24(28(35)27(23)34-21-12-10-20(11-13-21)30(31,32)33)16-15-22(25(17)26)18-6-8-19(9-7-18)29(2,3)4/h5-16H,1-4H3. The number of aliphatic imine (C=N–C) groups is 1. The molecule has 0 bridgehead atoms. The van der Waals surface area contributed by atoms with E-state index in [0.717, 1.165) is 39.6 Å². The van der Waals surface area contributed by atoms with Gasteiger partial charge in [-0.1, -0.05) is 63.2 Å². The van der Waals surface area contributed by atoms with Gasteiger partial charge >= 0.3 is 6.18 Å². The Kier molecular flexibility index (Phi) is 5.20. The first-order chi connectivity index (χ1) is 16.4. The van der Waals surface area contributed by atoms with Crippen molar-refractivity contribution in [2.75, 3.05) is 0 Å². The number of rotatable bonds is 2. The lowest BCUT2D eigenvalue weighted by Gasteiger charge is -2.19. The number of hydrogen-bond donors (Lipinski definition) is 0. The molecule has 0 saturated heterocycles. The van der Waals surface area contributed by atoms with Gasteiger partial charge in [0, 0.05) is 16.5 Å². The van der Waals surface area contributed by atoms with Crippen molar-refractivity contribution in [3.05, 3.63) is 101 Å². The van der Waals surface area contributed by atoms with Crippen molar-refractivity contribution in [3.8, 4) is 11.1 Å². The van der Waals surface area contributed by atoms with E-state index in [1.807, 2.05) is 31.2 Å². The van der Waals surface area contributed by atoms with E-state index in [2.05, 4.69) is 50.0 Å². The Morgan fingerprint density at radius 2 is 1.23 bits per heavy atom. The van der Waals surface area contributed by atoms with Gasteiger partial charge in [-0.25, -0.2) is 4.99 Å². The summed E-state index contributed by atoms with van der Waals surface area (Å²) >= 11 is 0. The van der Waals surface area contributed by atoms with Gasteiger partial charge in [0.25, 0.3) is 0 Å². The summed E-state index contributed by atoms with van der Waals surface area (Å²) in [4.78, 5) is 17.8. The average molecular weight is 472 g/mol. The molecule has 0 atom stereocenters. The largest absolute Gasteiger partial charge is 0.416 e. The molecule has 0 saturated carbocycles. The Labute approximate surface area is 202 Å². The number of aryl methyl sites for hydroxylation is 1. The second kappa shape index (κ2) is 7.91. The van der Waals surface area contributed by atoms with Crippen LogP contribution in [0.15, 0.2) is 77.8 Å². The molecule has 0 fully saturated rings. The van der Waals surface area contributed by atoms with Gasteiger partial charge in [0.2, 0.25) is 5.78 Å². The molecule has 0 spiro atoms. The zero-order valence-corrected chi connectivity index (χ0v) is 19.9. The maximum absolute atomic E-state index is 13.3. The molecule has 176 valence electrons. The van der Waals surface area contributed by atoms with Crippen LogP contribution in [-0.2, 0) is 11.6 Å². The van der Waals surface area contributed by atoms with E-state index in [9.17, 15) is 18.0 Å². The van der Waals surface area contributed by atoms with Gasteiger partial charge < -0.3 is 0 Å². The van der Waals surface area contributed by atoms with Crippen LogP contribution in [0.3, 0.4) is 0 Å². The van der Waals surface area contributed by atoms with Gasteiger partial charge in [-0.3, -0.25) is 4.79 Å². The Morgan fingerprint density at radius 1 is 0.657 bits per heavy atom. The third-order valence-electron chi connectivity index (χ3n) is 6.58. The van der Waals surface area contributed by atoms with Crippen molar-refractivity contribution in [3.63, 3.8) is 0 Å². The van der Waals surface area contributed by atoms with E-state index >= 15 is 0 Å². The molecule has 2 nitrogen and oxygen atoms in total. The second-order valence-corrected chi connectivity index (χ2v) is 10.0. The zero-order valence-electron chi connectivity index (χ0n) is 19.9. The van der Waals surface area contributed by atoms with E-state index < -0.39 is 11.7 Å². The van der Waals surface area contributed by atoms with Gasteiger partial charge in [0.15, 0.2) is 0 Å². The number of carbonyl (C=O) groups excluding carboxylic acids is 1. The number of hydrogen-bond acceptors (Lipinski definition) is 2. The summed E-state index contributed by atoms with van der Waals surface area (Å²) in [7, 11) is 0. The molecule has 0 aliphatic heterocycles. The summed E-state index contributed by atoms with van der Waals surface area (Å²) in [6.45, 7) is 8.54. The molecule has 1 aliphatic carbocycles. The van der Waals surface area contributed by atoms with E-state index in [1.54, 1.807) is 0 Å². The lowest BCUT2D eigenvalue weighted by molar-refractivity contribution is -0.137. The smallest absolute Gasteiger partial charge is 0.287 e. The lowest BCUT2D eigenvalue weighted by Crippen LogP contribution is -2.10. The van der Waals surface area contributed by atoms with Crippen LogP contribution in [0.5, 0.6) is 0 Å². The number of nitrogens with zero attached hydrogens (tertiary/aromatic N) is 1. The third kappa shape index (κ3) is 3.95. The summed E-state index contributed by atoms with van der Waals surface area (Å²) in [5.74, 6) is -0.217. The van der Waals surface area contributed by atoms with Crippen LogP contribution in [0.25, 0.3) is 21.9 Å². The Bertz CT molecular complexity index is 1500. The number of ketones is 1. The Morgan fingerprint density at radius 3 is 1.83 bits per heavy atom. The van der Waals surface area contributed by atoms with Crippen LogP contribution < -0.4 is 0 Å². The summed E-state index contributed by atoms with van der Waals surface area (Å²) in [5, 5.41) is 1.84. The van der Waals surface area contributed by atoms with E-state index in [4.69, 9.17) is 0 Å². The van der Waals surface area contributed by atoms with Crippen LogP contribution in [0, 0.1) is 6.92 Å². The van der Waals surface area contributed by atoms with Crippen LogP contribution in [0.4, 0.5) is 18.9 Å². The number of alkyl halides is 3. The summed E-state index contributed by atoms with van der Waals surface area (Å²) < 4.78 is 38.8. The molecule has 4 aromatic rings. The van der Waals surface area contributed by atoms with E-state index in [-0.39, 0.29) is 16.9 Å². The fraction of sp³-hybridized carbons (Fsp3) is 0.200. The highest BCUT2D eigenvalue weighted by molar-refractivity contribution is 6.59. The molecule has 0 N–H and O–H groups in total. The predicted molar refractivity (Wildman–Crippen MR) is 135 cm³/mol. The van der Waals surface area contributed by atoms with Crippen molar-refractivity contribution in [2.24, 2.45) is 4.99 Å². The highest BCUT2D eigenvalue weighted by atomic mass is 19.4. The monoisotopic (exact) mass is 471 g/mol. The first-order valence-corrected chi connectivity index (χ1v) is 11.4. The lowest BCUT2D eigenvalue weighted by atomic mass is 9.85. The molecular weight excluding hydrogens is 447 g/mol. The fourth-order valence-electron chi connectivity index (χ4n) is 4.66. The first-order valence-electron chi connectivity index (χ1n) is 11.4. The Balaban J connectivity index is 1.64. The van der Waals surface area contributed by atoms with Gasteiger partial charge in [-0.15, -0.1) is 0 Å². The predicted octanol–water partition coefficient (Wildman–Crippen LogP) is 8.45. The topological polar surface area (TPSA) is 29.4 Å². The van der Waals surface area contributed by atoms with Gasteiger partial charge in [0.1, 0.15) is 5.71 Å². The molecule has 0 heterocycles. The van der Waals surface area contributed by atoms with E-state index in [0.29, 0.717) is 16.8 Å². The minimum absolute atomic E-state index is 0.0482. The van der Waals surface area contributed by atoms with Crippen molar-refractivity contribution < 1.29 is 18.0 Å². The van der Waals surface area contributed by atoms with Crippen LogP contribution >= 0.6 is 0 Å². The normalized spacial score (nSPS) is 14.8. The molecule has 4 aromatic carbocycles. The van der Waals surface area contributed by atoms with Gasteiger partial charge in [-0.05, 0) is 70.3 Å². The van der Waals surface area contributed by atoms with Crippen molar-refractivity contribution in [2.45, 2.75) is 39.3 Å². The highest BCUT2D eigenvalue weighted by Gasteiger charge is 2.32.